The Labute approximate surface area is 228 Å². The highest BCUT2D eigenvalue weighted by molar-refractivity contribution is 7.92. The summed E-state index contributed by atoms with van der Waals surface area (Å²) in [5, 5.41) is 0.161. The zero-order valence-corrected chi connectivity index (χ0v) is 23.1. The number of rotatable bonds is 6. The van der Waals surface area contributed by atoms with Crippen LogP contribution in [-0.4, -0.2) is 57.4 Å². The SMILES string of the molecule is CC(C)c1ccc(N(C)S(=O)(=O)c2ccc3[nH]cc(C(=O)N4CCN(c5ccccc5)CC4)c(=O)c3c2)cc1. The van der Waals surface area contributed by atoms with Crippen LogP contribution in [0, 0.1) is 0 Å². The second kappa shape index (κ2) is 10.6. The molecule has 3 aromatic carbocycles. The van der Waals surface area contributed by atoms with Crippen molar-refractivity contribution in [1.82, 2.24) is 9.88 Å². The van der Waals surface area contributed by atoms with Gasteiger partial charge >= 0.3 is 0 Å². The Morgan fingerprint density at radius 3 is 2.23 bits per heavy atom. The van der Waals surface area contributed by atoms with Crippen LogP contribution >= 0.6 is 0 Å². The minimum Gasteiger partial charge on any atom is -0.368 e. The normalized spacial score (nSPS) is 14.2. The van der Waals surface area contributed by atoms with Crippen molar-refractivity contribution in [2.45, 2.75) is 24.7 Å². The average molecular weight is 545 g/mol. The number of anilines is 2. The van der Waals surface area contributed by atoms with Crippen LogP contribution < -0.4 is 14.6 Å². The monoisotopic (exact) mass is 544 g/mol. The van der Waals surface area contributed by atoms with Gasteiger partial charge in [0.15, 0.2) is 0 Å². The molecule has 1 aliphatic heterocycles. The minimum absolute atomic E-state index is 0.00263. The second-order valence-electron chi connectivity index (χ2n) is 10.1. The van der Waals surface area contributed by atoms with Gasteiger partial charge in [-0.15, -0.1) is 0 Å². The van der Waals surface area contributed by atoms with Crippen molar-refractivity contribution in [3.63, 3.8) is 0 Å². The van der Waals surface area contributed by atoms with Gasteiger partial charge in [0.05, 0.1) is 10.6 Å². The Hall–Kier alpha value is -4.11. The number of pyridine rings is 1. The highest BCUT2D eigenvalue weighted by Gasteiger charge is 2.26. The predicted molar refractivity (Wildman–Crippen MR) is 155 cm³/mol. The van der Waals surface area contributed by atoms with E-state index in [1.807, 2.05) is 42.5 Å². The molecule has 0 unspecified atom stereocenters. The van der Waals surface area contributed by atoms with Gasteiger partial charge in [0, 0.05) is 56.0 Å². The van der Waals surface area contributed by atoms with Crippen molar-refractivity contribution in [2.75, 3.05) is 42.4 Å². The summed E-state index contributed by atoms with van der Waals surface area (Å²) in [7, 11) is -2.45. The first-order valence-corrected chi connectivity index (χ1v) is 14.4. The first-order valence-electron chi connectivity index (χ1n) is 13.0. The number of carbonyl (C=O) groups is 1. The van der Waals surface area contributed by atoms with Gasteiger partial charge < -0.3 is 14.8 Å². The van der Waals surface area contributed by atoms with Crippen LogP contribution in [0.4, 0.5) is 11.4 Å². The molecule has 0 radical (unpaired) electrons. The molecule has 202 valence electrons. The van der Waals surface area contributed by atoms with Crippen molar-refractivity contribution in [2.24, 2.45) is 0 Å². The van der Waals surface area contributed by atoms with E-state index in [0.29, 0.717) is 43.3 Å². The van der Waals surface area contributed by atoms with Crippen LogP contribution in [0.1, 0.15) is 35.7 Å². The lowest BCUT2D eigenvalue weighted by Crippen LogP contribution is -2.49. The van der Waals surface area contributed by atoms with E-state index < -0.39 is 15.5 Å². The highest BCUT2D eigenvalue weighted by Crippen LogP contribution is 2.26. The van der Waals surface area contributed by atoms with Gasteiger partial charge in [0.25, 0.3) is 15.9 Å². The van der Waals surface area contributed by atoms with Crippen LogP contribution in [0.25, 0.3) is 10.9 Å². The molecule has 0 spiro atoms. The molecule has 0 atom stereocenters. The number of aromatic amines is 1. The van der Waals surface area contributed by atoms with Gasteiger partial charge in [0.1, 0.15) is 5.56 Å². The number of fused-ring (bicyclic) bond motifs is 1. The summed E-state index contributed by atoms with van der Waals surface area (Å²) in [5.41, 5.74) is 2.71. The number of nitrogens with zero attached hydrogens (tertiary/aromatic N) is 3. The molecule has 1 N–H and O–H groups in total. The molecule has 1 saturated heterocycles. The number of nitrogens with one attached hydrogen (secondary N) is 1. The fourth-order valence-electron chi connectivity index (χ4n) is 4.86. The number of amides is 1. The number of H-pyrrole nitrogens is 1. The number of aromatic nitrogens is 1. The predicted octanol–water partition coefficient (Wildman–Crippen LogP) is 4.44. The summed E-state index contributed by atoms with van der Waals surface area (Å²) >= 11 is 0. The lowest BCUT2D eigenvalue weighted by atomic mass is 10.0. The van der Waals surface area contributed by atoms with Crippen LogP contribution in [0.3, 0.4) is 0 Å². The van der Waals surface area contributed by atoms with Gasteiger partial charge in [-0.05, 0) is 53.9 Å². The fraction of sp³-hybridized carbons (Fsp3) is 0.267. The summed E-state index contributed by atoms with van der Waals surface area (Å²) in [4.78, 5) is 33.6. The number of hydrogen-bond donors (Lipinski definition) is 1. The zero-order chi connectivity index (χ0) is 27.7. The third-order valence-electron chi connectivity index (χ3n) is 7.35. The summed E-state index contributed by atoms with van der Waals surface area (Å²) in [6.07, 6.45) is 1.42. The third kappa shape index (κ3) is 5.14. The van der Waals surface area contributed by atoms with Gasteiger partial charge in [-0.2, -0.15) is 0 Å². The van der Waals surface area contributed by atoms with Crippen LogP contribution in [0.5, 0.6) is 0 Å². The number of para-hydroxylation sites is 1. The number of benzene rings is 3. The maximum Gasteiger partial charge on any atom is 0.264 e. The maximum atomic E-state index is 13.5. The number of sulfonamides is 1. The molecule has 0 bridgehead atoms. The van der Waals surface area contributed by atoms with Gasteiger partial charge in [-0.25, -0.2) is 8.42 Å². The standard InChI is InChI=1S/C30H32N4O4S/c1-21(2)22-9-11-23(12-10-22)32(3)39(37,38)25-13-14-28-26(19-25)29(35)27(20-31-28)30(36)34-17-15-33(16-18-34)24-7-5-4-6-8-24/h4-14,19-21H,15-18H2,1-3H3,(H,31,35). The number of hydrogen-bond acceptors (Lipinski definition) is 5. The molecule has 0 saturated carbocycles. The molecule has 4 aromatic rings. The molecule has 39 heavy (non-hydrogen) atoms. The Morgan fingerprint density at radius 2 is 1.59 bits per heavy atom. The summed E-state index contributed by atoms with van der Waals surface area (Å²) in [6.45, 7) is 6.44. The summed E-state index contributed by atoms with van der Waals surface area (Å²) in [5.74, 6) is -0.0284. The molecule has 1 amide bonds. The van der Waals surface area contributed by atoms with E-state index in [9.17, 15) is 18.0 Å². The fourth-order valence-corrected chi connectivity index (χ4v) is 6.08. The van der Waals surface area contributed by atoms with E-state index in [1.165, 1.54) is 29.7 Å². The number of piperazine rings is 1. The third-order valence-corrected chi connectivity index (χ3v) is 9.13. The van der Waals surface area contributed by atoms with Gasteiger partial charge in [0.2, 0.25) is 5.43 Å². The Balaban J connectivity index is 1.39. The summed E-state index contributed by atoms with van der Waals surface area (Å²) < 4.78 is 28.1. The lowest BCUT2D eigenvalue weighted by Gasteiger charge is -2.36. The molecular formula is C30H32N4O4S. The smallest absolute Gasteiger partial charge is 0.264 e. The number of carbonyl (C=O) groups excluding carboxylic acids is 1. The van der Waals surface area contributed by atoms with Gasteiger partial charge in [-0.1, -0.05) is 44.2 Å². The van der Waals surface area contributed by atoms with Crippen molar-refractivity contribution in [3.8, 4) is 0 Å². The molecule has 5 rings (SSSR count). The first kappa shape index (κ1) is 26.5. The minimum atomic E-state index is -3.94. The van der Waals surface area contributed by atoms with E-state index in [2.05, 4.69) is 23.7 Å². The molecule has 2 heterocycles. The molecular weight excluding hydrogens is 512 g/mol. The van der Waals surface area contributed by atoms with E-state index in [-0.39, 0.29) is 21.8 Å². The van der Waals surface area contributed by atoms with Gasteiger partial charge in [-0.3, -0.25) is 13.9 Å². The van der Waals surface area contributed by atoms with Crippen molar-refractivity contribution in [1.29, 1.82) is 0 Å². The average Bonchev–Trinajstić information content (AvgIpc) is 2.97. The molecule has 1 aromatic heterocycles. The maximum absolute atomic E-state index is 13.5. The highest BCUT2D eigenvalue weighted by atomic mass is 32.2. The quantitative estimate of drug-likeness (QED) is 0.387. The molecule has 8 nitrogen and oxygen atoms in total. The molecule has 0 aliphatic carbocycles. The van der Waals surface area contributed by atoms with E-state index in [1.54, 1.807) is 23.1 Å². The largest absolute Gasteiger partial charge is 0.368 e. The van der Waals surface area contributed by atoms with E-state index >= 15 is 0 Å². The van der Waals surface area contributed by atoms with Crippen molar-refractivity contribution < 1.29 is 13.2 Å². The Kier molecular flexibility index (Phi) is 7.18. The molecule has 1 fully saturated rings. The molecule has 9 heteroatoms. The van der Waals surface area contributed by atoms with Crippen molar-refractivity contribution >= 4 is 38.2 Å². The topological polar surface area (TPSA) is 93.8 Å². The zero-order valence-electron chi connectivity index (χ0n) is 22.3. The van der Waals surface area contributed by atoms with Crippen LogP contribution in [-0.2, 0) is 10.0 Å². The van der Waals surface area contributed by atoms with E-state index in [4.69, 9.17) is 0 Å². The van der Waals surface area contributed by atoms with Crippen LogP contribution in [0.2, 0.25) is 0 Å². The Morgan fingerprint density at radius 1 is 0.923 bits per heavy atom. The molecule has 1 aliphatic rings. The first-order chi connectivity index (χ1) is 18.7. The second-order valence-corrected chi connectivity index (χ2v) is 12.0. The van der Waals surface area contributed by atoms with Crippen molar-refractivity contribution in [3.05, 3.63) is 100 Å². The van der Waals surface area contributed by atoms with Crippen LogP contribution in [0.15, 0.2) is 88.7 Å². The summed E-state index contributed by atoms with van der Waals surface area (Å²) in [6, 6.07) is 21.8. The van der Waals surface area contributed by atoms with E-state index in [0.717, 1.165) is 11.3 Å². The lowest BCUT2D eigenvalue weighted by molar-refractivity contribution is 0.0745. The Bertz CT molecular complexity index is 1660.